The Hall–Kier alpha value is -2.92. The first-order valence-electron chi connectivity index (χ1n) is 9.74. The molecule has 0 radical (unpaired) electrons. The van der Waals surface area contributed by atoms with Crippen molar-refractivity contribution in [2.75, 3.05) is 4.31 Å². The van der Waals surface area contributed by atoms with Gasteiger partial charge in [-0.2, -0.15) is 13.2 Å². The Labute approximate surface area is 196 Å². The van der Waals surface area contributed by atoms with Gasteiger partial charge < -0.3 is 0 Å². The molecule has 0 aromatic heterocycles. The zero-order valence-corrected chi connectivity index (χ0v) is 19.2. The number of rotatable bonds is 4. The minimum Gasteiger partial charge on any atom is -0.258 e. The molecule has 0 spiro atoms. The number of alkyl halides is 3. The minimum atomic E-state index is -4.60. The van der Waals surface area contributed by atoms with Crippen molar-refractivity contribution in [3.8, 4) is 0 Å². The van der Waals surface area contributed by atoms with E-state index in [0.717, 1.165) is 28.6 Å². The first kappa shape index (κ1) is 23.2. The molecule has 33 heavy (non-hydrogen) atoms. The van der Waals surface area contributed by atoms with E-state index in [1.807, 2.05) is 0 Å². The van der Waals surface area contributed by atoms with Crippen LogP contribution in [0.25, 0.3) is 0 Å². The Balaban J connectivity index is 1.96. The average Bonchev–Trinajstić information content (AvgIpc) is 2.78. The molecule has 0 fully saturated rings. The molecule has 1 unspecified atom stereocenters. The number of benzene rings is 3. The highest BCUT2D eigenvalue weighted by molar-refractivity contribution is 9.10. The van der Waals surface area contributed by atoms with Crippen LogP contribution >= 0.6 is 15.9 Å². The number of anilines is 1. The van der Waals surface area contributed by atoms with Gasteiger partial charge in [-0.05, 0) is 54.3 Å². The van der Waals surface area contributed by atoms with Gasteiger partial charge in [-0.1, -0.05) is 46.3 Å². The van der Waals surface area contributed by atoms with Gasteiger partial charge in [0.1, 0.15) is 0 Å². The number of fused-ring (bicyclic) bond motifs is 1. The molecule has 3 aromatic rings. The quantitative estimate of drug-likeness (QED) is 0.289. The van der Waals surface area contributed by atoms with Crippen molar-refractivity contribution in [3.05, 3.63) is 98.0 Å². The van der Waals surface area contributed by atoms with E-state index < -0.39 is 43.3 Å². The van der Waals surface area contributed by atoms with Crippen molar-refractivity contribution in [1.82, 2.24) is 0 Å². The van der Waals surface area contributed by atoms with Gasteiger partial charge in [0.25, 0.3) is 15.7 Å². The van der Waals surface area contributed by atoms with Crippen LogP contribution in [0.3, 0.4) is 0 Å². The second-order valence-corrected chi connectivity index (χ2v) is 10.1. The van der Waals surface area contributed by atoms with Crippen LogP contribution in [0.1, 0.15) is 29.2 Å². The summed E-state index contributed by atoms with van der Waals surface area (Å²) in [5, 5.41) is 11.5. The second kappa shape index (κ2) is 8.45. The van der Waals surface area contributed by atoms with Crippen molar-refractivity contribution in [1.29, 1.82) is 0 Å². The summed E-state index contributed by atoms with van der Waals surface area (Å²) in [6.45, 7) is 0. The maximum atomic E-state index is 13.8. The van der Waals surface area contributed by atoms with Crippen LogP contribution in [-0.4, -0.2) is 13.3 Å². The third-order valence-electron chi connectivity index (χ3n) is 5.48. The number of hydrogen-bond donors (Lipinski definition) is 0. The monoisotopic (exact) mass is 540 g/mol. The lowest BCUT2D eigenvalue weighted by Gasteiger charge is -2.38. The van der Waals surface area contributed by atoms with E-state index in [1.165, 1.54) is 24.3 Å². The molecule has 11 heteroatoms. The summed E-state index contributed by atoms with van der Waals surface area (Å²) in [5.41, 5.74) is -0.442. The number of para-hydroxylation sites is 1. The summed E-state index contributed by atoms with van der Waals surface area (Å²) < 4.78 is 69.4. The first-order valence-corrected chi connectivity index (χ1v) is 12.0. The Morgan fingerprint density at radius 3 is 2.42 bits per heavy atom. The smallest absolute Gasteiger partial charge is 0.258 e. The predicted molar refractivity (Wildman–Crippen MR) is 119 cm³/mol. The zero-order valence-electron chi connectivity index (χ0n) is 16.8. The summed E-state index contributed by atoms with van der Waals surface area (Å²) in [7, 11) is -4.52. The average molecular weight is 541 g/mol. The molecule has 0 amide bonds. The molecule has 172 valence electrons. The summed E-state index contributed by atoms with van der Waals surface area (Å²) in [5.74, 6) is 0. The molecule has 0 saturated carbocycles. The molecule has 0 saturated heterocycles. The Morgan fingerprint density at radius 1 is 1.03 bits per heavy atom. The van der Waals surface area contributed by atoms with E-state index in [4.69, 9.17) is 0 Å². The van der Waals surface area contributed by atoms with Crippen LogP contribution in [0, 0.1) is 10.1 Å². The molecule has 0 aliphatic carbocycles. The van der Waals surface area contributed by atoms with Crippen LogP contribution < -0.4 is 4.31 Å². The maximum Gasteiger partial charge on any atom is 0.416 e. The Morgan fingerprint density at radius 2 is 1.73 bits per heavy atom. The van der Waals surface area contributed by atoms with Crippen molar-refractivity contribution < 1.29 is 26.5 Å². The molecule has 1 aliphatic rings. The normalized spacial score (nSPS) is 16.4. The first-order chi connectivity index (χ1) is 15.5. The largest absolute Gasteiger partial charge is 0.416 e. The molecule has 0 N–H and O–H groups in total. The van der Waals surface area contributed by atoms with Gasteiger partial charge in [-0.25, -0.2) is 8.42 Å². The third-order valence-corrected chi connectivity index (χ3v) is 8.09. The van der Waals surface area contributed by atoms with Crippen LogP contribution in [-0.2, 0) is 22.6 Å². The molecule has 1 aliphatic heterocycles. The van der Waals surface area contributed by atoms with Crippen LogP contribution in [0.4, 0.5) is 24.5 Å². The predicted octanol–water partition coefficient (Wildman–Crippen LogP) is 6.26. The highest BCUT2D eigenvalue weighted by Gasteiger charge is 2.41. The zero-order chi connectivity index (χ0) is 24.0. The number of halogens is 4. The molecule has 1 atom stereocenters. The molecule has 3 aromatic carbocycles. The standard InChI is InChI=1S/C22H16BrF3N2O4S/c23-17-7-4-9-19-16(17)11-12-18(14-5-3-6-15(13-14)22(24,25)26)27(19)33(31,32)21-10-2-1-8-20(21)28(29)30/h1-10,13,18H,11-12H2. The molecular formula is C22H16BrF3N2O4S. The highest BCUT2D eigenvalue weighted by atomic mass is 79.9. The third kappa shape index (κ3) is 4.22. The highest BCUT2D eigenvalue weighted by Crippen LogP contribution is 2.46. The minimum absolute atomic E-state index is 0.151. The van der Waals surface area contributed by atoms with Crippen molar-refractivity contribution in [2.45, 2.75) is 30.0 Å². The maximum absolute atomic E-state index is 13.8. The molecule has 4 rings (SSSR count). The summed E-state index contributed by atoms with van der Waals surface area (Å²) in [6, 6.07) is 13.3. The lowest BCUT2D eigenvalue weighted by molar-refractivity contribution is -0.387. The van der Waals surface area contributed by atoms with E-state index in [1.54, 1.807) is 18.2 Å². The lowest BCUT2D eigenvalue weighted by Crippen LogP contribution is -2.39. The van der Waals surface area contributed by atoms with Crippen LogP contribution in [0.5, 0.6) is 0 Å². The summed E-state index contributed by atoms with van der Waals surface area (Å²) in [4.78, 5) is 10.2. The van der Waals surface area contributed by atoms with Crippen molar-refractivity contribution in [2.24, 2.45) is 0 Å². The van der Waals surface area contributed by atoms with Gasteiger partial charge in [-0.15, -0.1) is 0 Å². The van der Waals surface area contributed by atoms with Crippen molar-refractivity contribution in [3.63, 3.8) is 0 Å². The summed E-state index contributed by atoms with van der Waals surface area (Å²) >= 11 is 3.41. The van der Waals surface area contributed by atoms with Gasteiger partial charge in [0.15, 0.2) is 4.90 Å². The molecular weight excluding hydrogens is 525 g/mol. The molecule has 6 nitrogen and oxygen atoms in total. The molecule has 0 bridgehead atoms. The van der Waals surface area contributed by atoms with Gasteiger partial charge in [0.05, 0.1) is 22.2 Å². The van der Waals surface area contributed by atoms with Crippen LogP contribution in [0.2, 0.25) is 0 Å². The van der Waals surface area contributed by atoms with Gasteiger partial charge in [0, 0.05) is 10.5 Å². The van der Waals surface area contributed by atoms with E-state index >= 15 is 0 Å². The number of sulfonamides is 1. The van der Waals surface area contributed by atoms with E-state index in [9.17, 15) is 31.7 Å². The van der Waals surface area contributed by atoms with Crippen LogP contribution in [0.15, 0.2) is 76.1 Å². The Kier molecular flexibility index (Phi) is 5.95. The van der Waals surface area contributed by atoms with E-state index in [0.29, 0.717) is 16.5 Å². The van der Waals surface area contributed by atoms with Gasteiger partial charge in [-0.3, -0.25) is 14.4 Å². The number of hydrogen-bond acceptors (Lipinski definition) is 4. The Bertz CT molecular complexity index is 1350. The lowest BCUT2D eigenvalue weighted by atomic mass is 9.92. The number of nitro groups is 1. The van der Waals surface area contributed by atoms with Gasteiger partial charge >= 0.3 is 6.18 Å². The fourth-order valence-corrected chi connectivity index (χ4v) is 6.44. The fraction of sp³-hybridized carbons (Fsp3) is 0.182. The fourth-order valence-electron chi connectivity index (χ4n) is 4.02. The summed E-state index contributed by atoms with van der Waals surface area (Å²) in [6.07, 6.45) is -4.01. The van der Waals surface area contributed by atoms with Gasteiger partial charge in [0.2, 0.25) is 0 Å². The SMILES string of the molecule is O=[N+]([O-])c1ccccc1S(=O)(=O)N1c2cccc(Br)c2CCC1c1cccc(C(F)(F)F)c1. The van der Waals surface area contributed by atoms with E-state index in [2.05, 4.69) is 15.9 Å². The number of nitro benzene ring substituents is 1. The van der Waals surface area contributed by atoms with Crippen molar-refractivity contribution >= 4 is 37.3 Å². The second-order valence-electron chi connectivity index (χ2n) is 7.44. The topological polar surface area (TPSA) is 80.5 Å². The van der Waals surface area contributed by atoms with E-state index in [-0.39, 0.29) is 17.7 Å². The molecule has 1 heterocycles. The number of nitrogens with zero attached hydrogens (tertiary/aromatic N) is 2.